The van der Waals surface area contributed by atoms with Crippen molar-refractivity contribution in [2.45, 2.75) is 51.4 Å². The van der Waals surface area contributed by atoms with E-state index in [1.54, 1.807) is 19.2 Å². The summed E-state index contributed by atoms with van der Waals surface area (Å²) in [6.07, 6.45) is 1.53. The molecule has 3 aromatic heterocycles. The second-order valence-corrected chi connectivity index (χ2v) is 13.5. The van der Waals surface area contributed by atoms with Crippen LogP contribution in [0.2, 0.25) is 0 Å². The second-order valence-electron chi connectivity index (χ2n) is 13.5. The van der Waals surface area contributed by atoms with Crippen LogP contribution in [-0.4, -0.2) is 40.1 Å². The van der Waals surface area contributed by atoms with E-state index in [9.17, 15) is 4.79 Å². The van der Waals surface area contributed by atoms with Crippen LogP contribution in [0, 0.1) is 0 Å². The number of carbonyl (C=O) groups excluding carboxylic acids is 1. The zero-order chi connectivity index (χ0) is 32.2. The average Bonchev–Trinajstić information content (AvgIpc) is 3.77. The molecule has 5 aromatic rings. The topological polar surface area (TPSA) is 92.9 Å². The highest BCUT2D eigenvalue weighted by Crippen LogP contribution is 2.40. The smallest absolute Gasteiger partial charge is 0.337 e. The molecule has 0 atom stereocenters. The summed E-state index contributed by atoms with van der Waals surface area (Å²) in [4.78, 5) is 29.8. The van der Waals surface area contributed by atoms with E-state index in [1.807, 2.05) is 18.2 Å². The molecule has 0 radical (unpaired) electrons. The maximum atomic E-state index is 12.1. The first-order valence-corrected chi connectivity index (χ1v) is 15.6. The van der Waals surface area contributed by atoms with E-state index in [2.05, 4.69) is 92.3 Å². The molecule has 2 aliphatic heterocycles. The lowest BCUT2D eigenvalue weighted by molar-refractivity contribution is 0.0600. The van der Waals surface area contributed by atoms with Crippen molar-refractivity contribution in [2.24, 2.45) is 0 Å². The number of nitrogens with zero attached hydrogens (tertiary/aromatic N) is 2. The quantitative estimate of drug-likeness (QED) is 0.199. The van der Waals surface area contributed by atoms with Crippen molar-refractivity contribution in [1.82, 2.24) is 19.9 Å². The lowest BCUT2D eigenvalue weighted by Gasteiger charge is -2.16. The summed E-state index contributed by atoms with van der Waals surface area (Å²) >= 11 is 0. The van der Waals surface area contributed by atoms with Gasteiger partial charge in [0.25, 0.3) is 0 Å². The van der Waals surface area contributed by atoms with Crippen LogP contribution < -0.4 is 4.74 Å². The third-order valence-electron chi connectivity index (χ3n) is 9.14. The van der Waals surface area contributed by atoms with Crippen LogP contribution in [0.3, 0.4) is 0 Å². The first-order chi connectivity index (χ1) is 22.0. The summed E-state index contributed by atoms with van der Waals surface area (Å²) in [6.45, 7) is 8.91. The predicted molar refractivity (Wildman–Crippen MR) is 183 cm³/mol. The minimum atomic E-state index is -0.355. The number of hydrogen-bond acceptors (Lipinski definition) is 5. The van der Waals surface area contributed by atoms with Crippen LogP contribution in [-0.2, 0) is 28.4 Å². The van der Waals surface area contributed by atoms with E-state index in [0.717, 1.165) is 85.7 Å². The third kappa shape index (κ3) is 5.26. The van der Waals surface area contributed by atoms with Gasteiger partial charge in [-0.1, -0.05) is 70.2 Å². The number of aromatic amines is 2. The number of H-pyrrole nitrogens is 2. The number of fused-ring (bicyclic) bond motifs is 8. The van der Waals surface area contributed by atoms with Crippen LogP contribution in [0.15, 0.2) is 84.9 Å². The Morgan fingerprint density at radius 1 is 0.717 bits per heavy atom. The first kappa shape index (κ1) is 29.5. The molecule has 0 unspecified atom stereocenters. The Morgan fingerprint density at radius 3 is 2.04 bits per heavy atom. The molecule has 5 heterocycles. The molecular formula is C39H38N4O3. The van der Waals surface area contributed by atoms with Crippen LogP contribution >= 0.6 is 0 Å². The molecule has 46 heavy (non-hydrogen) atoms. The summed E-state index contributed by atoms with van der Waals surface area (Å²) in [5.74, 6) is 0.389. The van der Waals surface area contributed by atoms with Gasteiger partial charge in [0.05, 0.1) is 31.0 Å². The molecule has 0 aliphatic carbocycles. The molecule has 0 saturated heterocycles. The fourth-order valence-electron chi connectivity index (χ4n) is 6.63. The van der Waals surface area contributed by atoms with E-state index in [0.29, 0.717) is 5.56 Å². The SMILES string of the molecule is COC(=O)c1ccc(-c2cc3cc4nc(c(OC)c5[nH]c(cc6nc(cc2[nH]3)CC6(C)C)cc5-c2ccccc2)CC4(C)C)cc1. The molecule has 7 nitrogen and oxygen atoms in total. The lowest BCUT2D eigenvalue weighted by Crippen LogP contribution is -2.15. The fraction of sp³-hybridized carbons (Fsp3) is 0.256. The maximum absolute atomic E-state index is 12.1. The molecule has 0 spiro atoms. The number of esters is 1. The van der Waals surface area contributed by atoms with Gasteiger partial charge in [-0.2, -0.15) is 0 Å². The Bertz CT molecular complexity index is 2140. The second kappa shape index (κ2) is 11.0. The molecule has 0 fully saturated rings. The zero-order valence-corrected chi connectivity index (χ0v) is 27.1. The number of aromatic nitrogens is 4. The number of hydrogen-bond donors (Lipinski definition) is 2. The van der Waals surface area contributed by atoms with Gasteiger partial charge in [-0.3, -0.25) is 9.97 Å². The van der Waals surface area contributed by atoms with Gasteiger partial charge >= 0.3 is 5.97 Å². The number of ether oxygens (including phenoxy) is 2. The van der Waals surface area contributed by atoms with E-state index < -0.39 is 0 Å². The van der Waals surface area contributed by atoms with E-state index in [-0.39, 0.29) is 16.8 Å². The van der Waals surface area contributed by atoms with Gasteiger partial charge in [-0.15, -0.1) is 0 Å². The van der Waals surface area contributed by atoms with Gasteiger partial charge in [0.1, 0.15) is 0 Å². The molecule has 2 aromatic carbocycles. The minimum absolute atomic E-state index is 0.168. The maximum Gasteiger partial charge on any atom is 0.337 e. The molecule has 0 saturated carbocycles. The molecule has 7 heteroatoms. The van der Waals surface area contributed by atoms with Gasteiger partial charge in [-0.25, -0.2) is 4.79 Å². The summed E-state index contributed by atoms with van der Waals surface area (Å²) in [7, 11) is 3.12. The van der Waals surface area contributed by atoms with E-state index in [1.165, 1.54) is 7.11 Å². The van der Waals surface area contributed by atoms with Gasteiger partial charge in [0.2, 0.25) is 0 Å². The van der Waals surface area contributed by atoms with Crippen LogP contribution in [0.4, 0.5) is 0 Å². The van der Waals surface area contributed by atoms with Gasteiger partial charge < -0.3 is 19.4 Å². The van der Waals surface area contributed by atoms with E-state index >= 15 is 0 Å². The summed E-state index contributed by atoms with van der Waals surface area (Å²) in [5.41, 5.74) is 12.0. The number of methoxy groups -OCH3 is 2. The van der Waals surface area contributed by atoms with Gasteiger partial charge in [0.15, 0.2) is 5.75 Å². The Kier molecular flexibility index (Phi) is 7.07. The van der Waals surface area contributed by atoms with Gasteiger partial charge in [-0.05, 0) is 53.6 Å². The predicted octanol–water partition coefficient (Wildman–Crippen LogP) is 8.48. The number of nitrogens with one attached hydrogen (secondary N) is 2. The van der Waals surface area contributed by atoms with Crippen molar-refractivity contribution in [2.75, 3.05) is 14.2 Å². The number of rotatable bonds is 4. The Labute approximate surface area is 268 Å². The molecular weight excluding hydrogens is 572 g/mol. The Hall–Kier alpha value is -5.17. The van der Waals surface area contributed by atoms with Crippen LogP contribution in [0.25, 0.3) is 44.3 Å². The highest BCUT2D eigenvalue weighted by atomic mass is 16.5. The van der Waals surface area contributed by atoms with Crippen molar-refractivity contribution in [3.05, 3.63) is 113 Å². The molecule has 7 rings (SSSR count). The highest BCUT2D eigenvalue weighted by Gasteiger charge is 2.32. The van der Waals surface area contributed by atoms with E-state index in [4.69, 9.17) is 19.4 Å². The average molecular weight is 611 g/mol. The molecule has 232 valence electrons. The lowest BCUT2D eigenvalue weighted by atomic mass is 9.86. The van der Waals surface area contributed by atoms with Gasteiger partial charge in [0, 0.05) is 68.4 Å². The molecule has 2 aliphatic rings. The third-order valence-corrected chi connectivity index (χ3v) is 9.14. The Morgan fingerprint density at radius 2 is 1.35 bits per heavy atom. The molecule has 2 N–H and O–H groups in total. The van der Waals surface area contributed by atoms with Crippen molar-refractivity contribution >= 4 is 28.0 Å². The van der Waals surface area contributed by atoms with Crippen molar-refractivity contribution < 1.29 is 14.3 Å². The van der Waals surface area contributed by atoms with Crippen LogP contribution in [0.1, 0.15) is 60.8 Å². The van der Waals surface area contributed by atoms with Crippen molar-refractivity contribution in [3.8, 4) is 28.0 Å². The minimum Gasteiger partial charge on any atom is -0.493 e. The largest absolute Gasteiger partial charge is 0.493 e. The number of carbonyl (C=O) groups is 1. The van der Waals surface area contributed by atoms with Crippen molar-refractivity contribution in [1.29, 1.82) is 0 Å². The first-order valence-electron chi connectivity index (χ1n) is 15.6. The fourth-order valence-corrected chi connectivity index (χ4v) is 6.63. The normalized spacial score (nSPS) is 15.0. The Balaban J connectivity index is 1.55. The highest BCUT2D eigenvalue weighted by molar-refractivity contribution is 5.92. The monoisotopic (exact) mass is 610 g/mol. The number of benzene rings is 2. The summed E-state index contributed by atoms with van der Waals surface area (Å²) in [5, 5.41) is 0. The standard InChI is InChI=1S/C39H38N4O3/c1-38(2)21-28-18-31-29(24-12-14-25(15-13-24)37(44)46-6)16-26(40-31)19-34-39(3,4)22-32(43-34)36(45-5)35-30(23-10-8-7-9-11-23)17-27(42-35)20-33(38)41-28/h7-20,40,42H,21-22H2,1-6H3. The van der Waals surface area contributed by atoms with Crippen molar-refractivity contribution in [3.63, 3.8) is 0 Å². The van der Waals surface area contributed by atoms with Crippen LogP contribution in [0.5, 0.6) is 5.75 Å². The molecule has 0 amide bonds. The summed E-state index contributed by atoms with van der Waals surface area (Å²) in [6, 6.07) is 28.7. The summed E-state index contributed by atoms with van der Waals surface area (Å²) < 4.78 is 11.1. The molecule has 8 bridgehead atoms. The zero-order valence-electron chi connectivity index (χ0n) is 27.1.